The number of nitrogens with zero attached hydrogens (tertiary/aromatic N) is 1. The Morgan fingerprint density at radius 1 is 0.400 bits per heavy atom. The van der Waals surface area contributed by atoms with Crippen molar-refractivity contribution in [1.29, 1.82) is 0 Å². The quantitative estimate of drug-likeness (QED) is 0.161. The standard InChI is InChI=1S/C57H50BNO/c1-37-29-52-55-54(30-37)60-53-28-25-42(39-19-13-9-14-20-39)34-49(53)58(55)48-26-23-43(40-21-15-10-16-22-40)35-51(48)59(52)50-27-24-41(38-17-11-8-12-18-38)33-47(50)44-31-45(56(2,3)4)36-46(32-44)57(5,6)7/h8-36H,1-7H3. The van der Waals surface area contributed by atoms with Crippen LogP contribution in [0.5, 0.6) is 11.5 Å². The fourth-order valence-electron chi connectivity index (χ4n) is 9.18. The summed E-state index contributed by atoms with van der Waals surface area (Å²) in [7, 11) is 0. The van der Waals surface area contributed by atoms with Crippen molar-refractivity contribution in [3.8, 4) is 56.0 Å². The molecule has 8 aromatic carbocycles. The fourth-order valence-corrected chi connectivity index (χ4v) is 9.18. The third-order valence-corrected chi connectivity index (χ3v) is 12.5. The first kappa shape index (κ1) is 37.7. The maximum absolute atomic E-state index is 6.96. The third kappa shape index (κ3) is 6.63. The van der Waals surface area contributed by atoms with Crippen molar-refractivity contribution in [2.45, 2.75) is 59.3 Å². The van der Waals surface area contributed by atoms with Gasteiger partial charge in [0.2, 0.25) is 0 Å². The van der Waals surface area contributed by atoms with Crippen molar-refractivity contribution < 1.29 is 4.74 Å². The second-order valence-electron chi connectivity index (χ2n) is 18.7. The topological polar surface area (TPSA) is 12.5 Å². The first-order chi connectivity index (χ1) is 28.9. The van der Waals surface area contributed by atoms with Crippen molar-refractivity contribution in [1.82, 2.24) is 0 Å². The van der Waals surface area contributed by atoms with Crippen molar-refractivity contribution in [2.75, 3.05) is 4.90 Å². The molecule has 0 unspecified atom stereocenters. The summed E-state index contributed by atoms with van der Waals surface area (Å²) in [4.78, 5) is 2.55. The Morgan fingerprint density at radius 3 is 1.52 bits per heavy atom. The number of aryl methyl sites for hydroxylation is 1. The number of rotatable bonds is 5. The number of ether oxygens (including phenoxy) is 1. The van der Waals surface area contributed by atoms with Gasteiger partial charge in [0.05, 0.1) is 5.69 Å². The average Bonchev–Trinajstić information content (AvgIpc) is 3.26. The lowest BCUT2D eigenvalue weighted by atomic mass is 9.34. The van der Waals surface area contributed by atoms with Gasteiger partial charge in [0, 0.05) is 16.9 Å². The molecule has 0 fully saturated rings. The van der Waals surface area contributed by atoms with Crippen LogP contribution in [-0.4, -0.2) is 6.71 Å². The van der Waals surface area contributed by atoms with Gasteiger partial charge in [-0.05, 0) is 126 Å². The molecule has 0 aliphatic carbocycles. The molecule has 3 heteroatoms. The molecule has 2 nitrogen and oxygen atoms in total. The average molecular weight is 776 g/mol. The monoisotopic (exact) mass is 775 g/mol. The smallest absolute Gasteiger partial charge is 0.256 e. The van der Waals surface area contributed by atoms with E-state index in [1.54, 1.807) is 0 Å². The summed E-state index contributed by atoms with van der Waals surface area (Å²) in [6, 6.07) is 65.1. The molecule has 0 amide bonds. The zero-order valence-electron chi connectivity index (χ0n) is 35.7. The molecule has 60 heavy (non-hydrogen) atoms. The largest absolute Gasteiger partial charge is 0.458 e. The van der Waals surface area contributed by atoms with Crippen molar-refractivity contribution in [2.24, 2.45) is 0 Å². The highest BCUT2D eigenvalue weighted by Crippen LogP contribution is 2.48. The molecule has 2 aliphatic heterocycles. The van der Waals surface area contributed by atoms with Crippen LogP contribution in [0.3, 0.4) is 0 Å². The zero-order valence-corrected chi connectivity index (χ0v) is 35.7. The molecule has 0 saturated heterocycles. The van der Waals surface area contributed by atoms with E-state index < -0.39 is 0 Å². The van der Waals surface area contributed by atoms with E-state index in [1.165, 1.54) is 77.7 Å². The normalized spacial score (nSPS) is 13.0. The summed E-state index contributed by atoms with van der Waals surface area (Å²) in [6.07, 6.45) is 0. The van der Waals surface area contributed by atoms with Crippen LogP contribution < -0.4 is 26.0 Å². The Hall–Kier alpha value is -6.58. The molecule has 8 aromatic rings. The Kier molecular flexibility index (Phi) is 8.99. The van der Waals surface area contributed by atoms with E-state index in [0.29, 0.717) is 0 Å². The highest BCUT2D eigenvalue weighted by molar-refractivity contribution is 6.99. The number of benzene rings is 8. The van der Waals surface area contributed by atoms with Crippen LogP contribution in [0.25, 0.3) is 44.5 Å². The molecule has 0 radical (unpaired) electrons. The molecule has 0 N–H and O–H groups in total. The number of hydrogen-bond donors (Lipinski definition) is 0. The second-order valence-corrected chi connectivity index (χ2v) is 18.7. The first-order valence-corrected chi connectivity index (χ1v) is 21.3. The van der Waals surface area contributed by atoms with E-state index in [2.05, 4.69) is 229 Å². The molecular formula is C57H50BNO. The number of hydrogen-bond acceptors (Lipinski definition) is 2. The van der Waals surface area contributed by atoms with Crippen molar-refractivity contribution >= 4 is 40.2 Å². The van der Waals surface area contributed by atoms with Crippen LogP contribution in [0.4, 0.5) is 17.1 Å². The van der Waals surface area contributed by atoms with Crippen LogP contribution in [0.1, 0.15) is 58.2 Å². The maximum atomic E-state index is 6.96. The highest BCUT2D eigenvalue weighted by Gasteiger charge is 2.43. The van der Waals surface area contributed by atoms with Crippen molar-refractivity contribution in [3.63, 3.8) is 0 Å². The summed E-state index contributed by atoms with van der Waals surface area (Å²) in [5.74, 6) is 1.84. The lowest BCUT2D eigenvalue weighted by Crippen LogP contribution is -2.59. The number of fused-ring (bicyclic) bond motifs is 4. The summed E-state index contributed by atoms with van der Waals surface area (Å²) < 4.78 is 6.96. The Bertz CT molecular complexity index is 2890. The molecule has 292 valence electrons. The Balaban J connectivity index is 1.28. The fraction of sp³-hybridized carbons (Fsp3) is 0.158. The van der Waals surface area contributed by atoms with Crippen LogP contribution in [0, 0.1) is 6.92 Å². The van der Waals surface area contributed by atoms with E-state index in [4.69, 9.17) is 4.74 Å². The minimum atomic E-state index is -0.0400. The molecule has 0 atom stereocenters. The SMILES string of the molecule is Cc1cc2c3c(c1)N(c1ccc(-c4ccccc4)cc1-c1cc(C(C)(C)C)cc(C(C)(C)C)c1)c1cc(-c4ccccc4)ccc1B3c1cc(-c3ccccc3)ccc1O2. The molecular weight excluding hydrogens is 725 g/mol. The molecule has 10 rings (SSSR count). The van der Waals surface area contributed by atoms with Gasteiger partial charge in [-0.3, -0.25) is 0 Å². The van der Waals surface area contributed by atoms with E-state index in [9.17, 15) is 0 Å². The van der Waals surface area contributed by atoms with E-state index in [0.717, 1.165) is 28.4 Å². The predicted octanol–water partition coefficient (Wildman–Crippen LogP) is 13.7. The molecule has 0 saturated carbocycles. The summed E-state index contributed by atoms with van der Waals surface area (Å²) in [5.41, 5.74) is 20.5. The minimum absolute atomic E-state index is 0.0251. The second kappa shape index (κ2) is 14.3. The van der Waals surface area contributed by atoms with Gasteiger partial charge in [-0.25, -0.2) is 0 Å². The van der Waals surface area contributed by atoms with Gasteiger partial charge in [0.1, 0.15) is 11.5 Å². The minimum Gasteiger partial charge on any atom is -0.458 e. The molecule has 2 heterocycles. The third-order valence-electron chi connectivity index (χ3n) is 12.5. The lowest BCUT2D eigenvalue weighted by molar-refractivity contribution is 0.487. The van der Waals surface area contributed by atoms with Gasteiger partial charge in [0.25, 0.3) is 6.71 Å². The lowest BCUT2D eigenvalue weighted by Gasteiger charge is -2.41. The Morgan fingerprint density at radius 2 is 0.933 bits per heavy atom. The van der Waals surface area contributed by atoms with E-state index in [-0.39, 0.29) is 17.5 Å². The molecule has 0 aromatic heterocycles. The van der Waals surface area contributed by atoms with Gasteiger partial charge in [0.15, 0.2) is 0 Å². The van der Waals surface area contributed by atoms with Crippen LogP contribution in [0.2, 0.25) is 0 Å². The van der Waals surface area contributed by atoms with Crippen LogP contribution in [0.15, 0.2) is 176 Å². The predicted molar refractivity (Wildman–Crippen MR) is 256 cm³/mol. The van der Waals surface area contributed by atoms with Crippen LogP contribution in [-0.2, 0) is 10.8 Å². The van der Waals surface area contributed by atoms with Gasteiger partial charge < -0.3 is 9.64 Å². The summed E-state index contributed by atoms with van der Waals surface area (Å²) in [5, 5.41) is 0. The zero-order chi connectivity index (χ0) is 41.3. The van der Waals surface area contributed by atoms with E-state index in [1.807, 2.05) is 0 Å². The highest BCUT2D eigenvalue weighted by atomic mass is 16.5. The summed E-state index contributed by atoms with van der Waals surface area (Å²) in [6.45, 7) is 16.1. The number of anilines is 3. The van der Waals surface area contributed by atoms with Crippen molar-refractivity contribution in [3.05, 3.63) is 193 Å². The molecule has 2 aliphatic rings. The van der Waals surface area contributed by atoms with E-state index >= 15 is 0 Å². The van der Waals surface area contributed by atoms with Gasteiger partial charge >= 0.3 is 0 Å². The van der Waals surface area contributed by atoms with Gasteiger partial charge in [-0.15, -0.1) is 0 Å². The summed E-state index contributed by atoms with van der Waals surface area (Å²) >= 11 is 0. The Labute approximate surface area is 356 Å². The first-order valence-electron chi connectivity index (χ1n) is 21.3. The molecule has 0 spiro atoms. The van der Waals surface area contributed by atoms with Gasteiger partial charge in [-0.1, -0.05) is 181 Å². The van der Waals surface area contributed by atoms with Crippen LogP contribution >= 0.6 is 0 Å². The van der Waals surface area contributed by atoms with Gasteiger partial charge in [-0.2, -0.15) is 0 Å². The molecule has 0 bridgehead atoms. The maximum Gasteiger partial charge on any atom is 0.256 e.